The van der Waals surface area contributed by atoms with Crippen molar-refractivity contribution in [2.45, 2.75) is 26.8 Å². The molecule has 0 spiro atoms. The molecule has 152 valence electrons. The number of rotatable bonds is 5. The van der Waals surface area contributed by atoms with Gasteiger partial charge >= 0.3 is 6.43 Å². The second kappa shape index (κ2) is 7.94. The summed E-state index contributed by atoms with van der Waals surface area (Å²) in [5.74, 6) is -0.224. The maximum Gasteiger partial charge on any atom is 0.314 e. The average molecular weight is 409 g/mol. The number of aromatic nitrogens is 5. The highest BCUT2D eigenvalue weighted by Crippen LogP contribution is 2.23. The summed E-state index contributed by atoms with van der Waals surface area (Å²) in [7, 11) is 0. The zero-order valence-corrected chi connectivity index (χ0v) is 16.2. The van der Waals surface area contributed by atoms with E-state index in [0.29, 0.717) is 22.6 Å². The van der Waals surface area contributed by atoms with Crippen molar-refractivity contribution < 1.29 is 13.2 Å². The Morgan fingerprint density at radius 2 is 1.80 bits per heavy atom. The lowest BCUT2D eigenvalue weighted by molar-refractivity contribution is 0.116. The van der Waals surface area contributed by atoms with E-state index in [1.807, 2.05) is 31.2 Å². The van der Waals surface area contributed by atoms with Gasteiger partial charge in [0.1, 0.15) is 5.82 Å². The number of hydrogen-bond acceptors (Lipinski definition) is 6. The molecule has 0 saturated carbocycles. The largest absolute Gasteiger partial charge is 0.415 e. The Hall–Kier alpha value is -3.75. The van der Waals surface area contributed by atoms with Crippen LogP contribution in [0.2, 0.25) is 0 Å². The van der Waals surface area contributed by atoms with E-state index in [1.165, 1.54) is 6.20 Å². The summed E-state index contributed by atoms with van der Waals surface area (Å²) in [6.45, 7) is 3.90. The Morgan fingerprint density at radius 3 is 2.47 bits per heavy atom. The van der Waals surface area contributed by atoms with E-state index in [2.05, 4.69) is 20.2 Å². The number of alkyl halides is 2. The van der Waals surface area contributed by atoms with E-state index in [1.54, 1.807) is 29.8 Å². The molecule has 9 heteroatoms. The maximum atomic E-state index is 13.1. The fourth-order valence-electron chi connectivity index (χ4n) is 3.07. The number of hydrogen-bond donors (Lipinski definition) is 0. The van der Waals surface area contributed by atoms with Gasteiger partial charge in [-0.3, -0.25) is 14.3 Å². The van der Waals surface area contributed by atoms with Crippen molar-refractivity contribution in [2.75, 3.05) is 0 Å². The van der Waals surface area contributed by atoms with Crippen LogP contribution in [-0.4, -0.2) is 24.7 Å². The van der Waals surface area contributed by atoms with Crippen LogP contribution in [0.15, 0.2) is 58.0 Å². The SMILES string of the molecule is Cc1ccccc1-c1cnc(C)n(Cc2ccc(-c3nnc(C(F)F)o3)cn2)c1=O. The van der Waals surface area contributed by atoms with Crippen LogP contribution in [-0.2, 0) is 6.54 Å². The Bertz CT molecular complexity index is 1250. The van der Waals surface area contributed by atoms with Gasteiger partial charge in [0.15, 0.2) is 0 Å². The van der Waals surface area contributed by atoms with Crippen LogP contribution < -0.4 is 5.56 Å². The third-order valence-electron chi connectivity index (χ3n) is 4.70. The minimum absolute atomic E-state index is 0.0408. The minimum atomic E-state index is -2.83. The van der Waals surface area contributed by atoms with Gasteiger partial charge in [-0.2, -0.15) is 8.78 Å². The standard InChI is InChI=1S/C21H17F2N5O2/c1-12-5-3-4-6-16(12)17-10-24-13(2)28(21(17)29)11-15-8-7-14(9-25-15)19-26-27-20(30-19)18(22)23/h3-10,18H,11H2,1-2H3. The average Bonchev–Trinajstić information content (AvgIpc) is 3.23. The number of halogens is 2. The van der Waals surface area contributed by atoms with Crippen LogP contribution in [0.5, 0.6) is 0 Å². The molecule has 3 aromatic heterocycles. The van der Waals surface area contributed by atoms with Gasteiger partial charge in [0.25, 0.3) is 11.4 Å². The van der Waals surface area contributed by atoms with Crippen molar-refractivity contribution in [3.8, 4) is 22.6 Å². The molecule has 7 nitrogen and oxygen atoms in total. The van der Waals surface area contributed by atoms with Crippen molar-refractivity contribution in [1.82, 2.24) is 24.7 Å². The van der Waals surface area contributed by atoms with Crippen molar-refractivity contribution in [3.63, 3.8) is 0 Å². The van der Waals surface area contributed by atoms with E-state index < -0.39 is 12.3 Å². The molecule has 0 bridgehead atoms. The summed E-state index contributed by atoms with van der Waals surface area (Å²) < 4.78 is 31.7. The molecule has 0 N–H and O–H groups in total. The second-order valence-corrected chi connectivity index (χ2v) is 6.71. The molecule has 30 heavy (non-hydrogen) atoms. The molecule has 0 atom stereocenters. The zero-order chi connectivity index (χ0) is 21.3. The number of nitrogens with zero attached hydrogens (tertiary/aromatic N) is 5. The minimum Gasteiger partial charge on any atom is -0.415 e. The summed E-state index contributed by atoms with van der Waals surface area (Å²) in [5, 5.41) is 6.90. The molecule has 0 radical (unpaired) electrons. The van der Waals surface area contributed by atoms with Gasteiger partial charge in [-0.15, -0.1) is 10.2 Å². The molecular formula is C21H17F2N5O2. The lowest BCUT2D eigenvalue weighted by Gasteiger charge is -2.12. The van der Waals surface area contributed by atoms with E-state index in [-0.39, 0.29) is 18.0 Å². The second-order valence-electron chi connectivity index (χ2n) is 6.71. The molecule has 0 fully saturated rings. The van der Waals surface area contributed by atoms with E-state index in [0.717, 1.165) is 11.1 Å². The first-order valence-electron chi connectivity index (χ1n) is 9.13. The summed E-state index contributed by atoms with van der Waals surface area (Å²) >= 11 is 0. The first kappa shape index (κ1) is 19.6. The van der Waals surface area contributed by atoms with Gasteiger partial charge in [-0.25, -0.2) is 4.98 Å². The number of pyridine rings is 1. The Kier molecular flexibility index (Phi) is 5.18. The normalized spacial score (nSPS) is 11.2. The topological polar surface area (TPSA) is 86.7 Å². The van der Waals surface area contributed by atoms with Crippen LogP contribution in [0.1, 0.15) is 29.4 Å². The fourth-order valence-corrected chi connectivity index (χ4v) is 3.07. The lowest BCUT2D eigenvalue weighted by atomic mass is 10.0. The molecule has 0 saturated heterocycles. The van der Waals surface area contributed by atoms with Crippen LogP contribution in [0, 0.1) is 13.8 Å². The smallest absolute Gasteiger partial charge is 0.314 e. The van der Waals surface area contributed by atoms with Crippen molar-refractivity contribution in [2.24, 2.45) is 0 Å². The maximum absolute atomic E-state index is 13.1. The van der Waals surface area contributed by atoms with Crippen molar-refractivity contribution >= 4 is 0 Å². The molecule has 1 aromatic carbocycles. The van der Waals surface area contributed by atoms with Gasteiger partial charge in [-0.1, -0.05) is 24.3 Å². The van der Waals surface area contributed by atoms with Gasteiger partial charge < -0.3 is 4.42 Å². The van der Waals surface area contributed by atoms with Gasteiger partial charge in [-0.05, 0) is 37.1 Å². The Morgan fingerprint density at radius 1 is 1.00 bits per heavy atom. The molecule has 3 heterocycles. The molecule has 0 aliphatic rings. The van der Waals surface area contributed by atoms with E-state index >= 15 is 0 Å². The van der Waals surface area contributed by atoms with E-state index in [4.69, 9.17) is 4.42 Å². The lowest BCUT2D eigenvalue weighted by Crippen LogP contribution is -2.26. The fraction of sp³-hybridized carbons (Fsp3) is 0.190. The van der Waals surface area contributed by atoms with Crippen LogP contribution >= 0.6 is 0 Å². The molecule has 0 unspecified atom stereocenters. The summed E-state index contributed by atoms with van der Waals surface area (Å²) in [6.07, 6.45) is 0.196. The van der Waals surface area contributed by atoms with Crippen LogP contribution in [0.25, 0.3) is 22.6 Å². The predicted octanol–water partition coefficient (Wildman–Crippen LogP) is 3.96. The third kappa shape index (κ3) is 3.73. The highest BCUT2D eigenvalue weighted by atomic mass is 19.3. The highest BCUT2D eigenvalue weighted by Gasteiger charge is 2.17. The van der Waals surface area contributed by atoms with Crippen LogP contribution in [0.4, 0.5) is 8.78 Å². The summed E-state index contributed by atoms with van der Waals surface area (Å²) in [5.41, 5.74) is 3.17. The Labute approximate surface area is 170 Å². The third-order valence-corrected chi connectivity index (χ3v) is 4.70. The highest BCUT2D eigenvalue weighted by molar-refractivity contribution is 5.65. The first-order valence-corrected chi connectivity index (χ1v) is 9.13. The van der Waals surface area contributed by atoms with Gasteiger partial charge in [0.05, 0.1) is 23.4 Å². The monoisotopic (exact) mass is 409 g/mol. The number of benzene rings is 1. The van der Waals surface area contributed by atoms with Gasteiger partial charge in [0, 0.05) is 12.4 Å². The molecule has 4 aromatic rings. The zero-order valence-electron chi connectivity index (χ0n) is 16.2. The number of aryl methyl sites for hydroxylation is 2. The Balaban J connectivity index is 1.63. The van der Waals surface area contributed by atoms with Gasteiger partial charge in [0.2, 0.25) is 5.89 Å². The summed E-state index contributed by atoms with van der Waals surface area (Å²) in [6, 6.07) is 10.9. The molecule has 0 aliphatic heterocycles. The van der Waals surface area contributed by atoms with Crippen LogP contribution in [0.3, 0.4) is 0 Å². The molecule has 0 aliphatic carbocycles. The van der Waals surface area contributed by atoms with E-state index in [9.17, 15) is 13.6 Å². The molecule has 0 amide bonds. The molecular weight excluding hydrogens is 392 g/mol. The predicted molar refractivity (Wildman–Crippen MR) is 105 cm³/mol. The van der Waals surface area contributed by atoms with Crippen molar-refractivity contribution in [1.29, 1.82) is 0 Å². The summed E-state index contributed by atoms with van der Waals surface area (Å²) in [4.78, 5) is 21.8. The van der Waals surface area contributed by atoms with Crippen molar-refractivity contribution in [3.05, 3.63) is 82.1 Å². The first-order chi connectivity index (χ1) is 14.4. The molecule has 4 rings (SSSR count). The quantitative estimate of drug-likeness (QED) is 0.496.